The van der Waals surface area contributed by atoms with Gasteiger partial charge in [0.05, 0.1) is 6.61 Å². The van der Waals surface area contributed by atoms with Crippen LogP contribution in [0.15, 0.2) is 11.1 Å². The molecule has 0 atom stereocenters. The lowest BCUT2D eigenvalue weighted by Crippen LogP contribution is -2.10. The second-order valence-corrected chi connectivity index (χ2v) is 3.99. The highest BCUT2D eigenvalue weighted by Crippen LogP contribution is 2.21. The molecule has 0 bridgehead atoms. The summed E-state index contributed by atoms with van der Waals surface area (Å²) in [5.74, 6) is -1.75. The van der Waals surface area contributed by atoms with E-state index < -0.39 is 17.9 Å². The van der Waals surface area contributed by atoms with Crippen LogP contribution in [0.1, 0.15) is 41.4 Å². The van der Waals surface area contributed by atoms with Gasteiger partial charge in [0.1, 0.15) is 6.61 Å². The summed E-state index contributed by atoms with van der Waals surface area (Å²) in [5, 5.41) is 0. The van der Waals surface area contributed by atoms with Gasteiger partial charge in [0.15, 0.2) is 0 Å². The molecule has 20 heavy (non-hydrogen) atoms. The molecule has 0 amide bonds. The zero-order chi connectivity index (χ0) is 16.3. The number of carbonyl (C=O) groups is 3. The third-order valence-electron chi connectivity index (χ3n) is 2.32. The lowest BCUT2D eigenvalue weighted by Gasteiger charge is -2.03. The second kappa shape index (κ2) is 10.1. The van der Waals surface area contributed by atoms with E-state index in [1.54, 1.807) is 0 Å². The van der Waals surface area contributed by atoms with Crippen LogP contribution in [0.2, 0.25) is 0 Å². The molecule has 1 heterocycles. The molecule has 0 aromatic carbocycles. The first-order chi connectivity index (χ1) is 9.97. The summed E-state index contributed by atoms with van der Waals surface area (Å²) in [7, 11) is 1.50. The second-order valence-electron chi connectivity index (χ2n) is 3.99. The van der Waals surface area contributed by atoms with E-state index in [1.165, 1.54) is 14.0 Å². The smallest absolute Gasteiger partial charge is 0.342 e. The molecule has 0 saturated heterocycles. The highest BCUT2D eigenvalue weighted by atomic mass is 16.6. The highest BCUT2D eigenvalue weighted by molar-refractivity contribution is 6.12. The normalized spacial score (nSPS) is 14.4. The van der Waals surface area contributed by atoms with E-state index in [0.29, 0.717) is 13.5 Å². The van der Waals surface area contributed by atoms with Crippen molar-refractivity contribution in [2.24, 2.45) is 0 Å². The van der Waals surface area contributed by atoms with Gasteiger partial charge in [-0.15, -0.1) is 0 Å². The van der Waals surface area contributed by atoms with Crippen LogP contribution in [0.4, 0.5) is 0 Å². The zero-order valence-electron chi connectivity index (χ0n) is 13.2. The average molecular weight is 287 g/mol. The van der Waals surface area contributed by atoms with Gasteiger partial charge in [0.25, 0.3) is 0 Å². The molecule has 0 aromatic heterocycles. The topological polar surface area (TPSA) is 78.9 Å². The first-order valence-corrected chi connectivity index (χ1v) is 6.37. The first-order valence-electron chi connectivity index (χ1n) is 7.08. The Morgan fingerprint density at radius 3 is 2.40 bits per heavy atom. The molecule has 1 aliphatic heterocycles. The van der Waals surface area contributed by atoms with Crippen LogP contribution in [0.5, 0.6) is 0 Å². The van der Waals surface area contributed by atoms with Crippen LogP contribution in [0, 0.1) is 0 Å². The summed E-state index contributed by atoms with van der Waals surface area (Å²) >= 11 is 0. The molecule has 0 aliphatic carbocycles. The largest absolute Gasteiger partial charge is 0.463 e. The van der Waals surface area contributed by atoms with Crippen LogP contribution in [0.25, 0.3) is 0 Å². The number of esters is 3. The highest BCUT2D eigenvalue weighted by Gasteiger charge is 2.29. The minimum absolute atomic E-state index is 0.0404. The maximum Gasteiger partial charge on any atom is 0.342 e. The Hall–Kier alpha value is -1.69. The Morgan fingerprint density at radius 2 is 1.95 bits per heavy atom. The minimum Gasteiger partial charge on any atom is -0.463 e. The summed E-state index contributed by atoms with van der Waals surface area (Å²) in [4.78, 5) is 33.4. The van der Waals surface area contributed by atoms with Gasteiger partial charge in [0.2, 0.25) is 0 Å². The van der Waals surface area contributed by atoms with Crippen molar-refractivity contribution in [1.29, 1.82) is 0 Å². The number of methoxy groups -OCH3 is 1. The van der Waals surface area contributed by atoms with Crippen molar-refractivity contribution in [2.75, 3.05) is 20.3 Å². The predicted molar refractivity (Wildman–Crippen MR) is 71.8 cm³/mol. The van der Waals surface area contributed by atoms with Crippen LogP contribution in [-0.2, 0) is 28.6 Å². The SMILES string of the molecule is COCCOC(=O)CCC1=C(C)C(=O)OC1=O.[2H]CCC. The summed E-state index contributed by atoms with van der Waals surface area (Å²) in [6.07, 6.45) is 1.18. The molecule has 6 heteroatoms. The molecule has 0 N–H and O–H groups in total. The van der Waals surface area contributed by atoms with Crippen molar-refractivity contribution in [3.05, 3.63) is 11.1 Å². The quantitative estimate of drug-likeness (QED) is 0.421. The third-order valence-corrected chi connectivity index (χ3v) is 2.32. The summed E-state index contributed by atoms with van der Waals surface area (Å²) in [5.41, 5.74) is 0.512. The Kier molecular flexibility index (Phi) is 8.30. The summed E-state index contributed by atoms with van der Waals surface area (Å²) in [6.45, 7) is 4.57. The predicted octanol–water partition coefficient (Wildman–Crippen LogP) is 1.77. The molecule has 1 rings (SSSR count). The van der Waals surface area contributed by atoms with Gasteiger partial charge in [-0.2, -0.15) is 0 Å². The fraction of sp³-hybridized carbons (Fsp3) is 0.643. The van der Waals surface area contributed by atoms with Gasteiger partial charge in [-0.25, -0.2) is 9.59 Å². The van der Waals surface area contributed by atoms with Crippen LogP contribution in [-0.4, -0.2) is 38.2 Å². The Labute approximate surface area is 120 Å². The molecule has 0 aromatic rings. The summed E-state index contributed by atoms with van der Waals surface area (Å²) in [6, 6.07) is 0. The monoisotopic (exact) mass is 287 g/mol. The van der Waals surface area contributed by atoms with Crippen molar-refractivity contribution in [3.8, 4) is 0 Å². The van der Waals surface area contributed by atoms with E-state index >= 15 is 0 Å². The van der Waals surface area contributed by atoms with Gasteiger partial charge >= 0.3 is 17.9 Å². The van der Waals surface area contributed by atoms with Crippen LogP contribution >= 0.6 is 0 Å². The molecule has 0 unspecified atom stereocenters. The van der Waals surface area contributed by atoms with Gasteiger partial charge in [-0.1, -0.05) is 20.2 Å². The number of carbonyl (C=O) groups excluding carboxylic acids is 3. The number of ether oxygens (including phenoxy) is 3. The third kappa shape index (κ3) is 6.47. The molecule has 1 aliphatic rings. The van der Waals surface area contributed by atoms with Crippen molar-refractivity contribution < 1.29 is 30.0 Å². The maximum absolute atomic E-state index is 11.2. The van der Waals surface area contributed by atoms with Gasteiger partial charge in [-0.3, -0.25) is 4.79 Å². The Morgan fingerprint density at radius 1 is 1.30 bits per heavy atom. The average Bonchev–Trinajstić information content (AvgIpc) is 2.71. The van der Waals surface area contributed by atoms with E-state index in [9.17, 15) is 14.4 Å². The van der Waals surface area contributed by atoms with Crippen LogP contribution in [0.3, 0.4) is 0 Å². The molecule has 0 spiro atoms. The fourth-order valence-electron chi connectivity index (χ4n) is 1.33. The lowest BCUT2D eigenvalue weighted by molar-refractivity contribution is -0.151. The first kappa shape index (κ1) is 16.4. The van der Waals surface area contributed by atoms with E-state index in [2.05, 4.69) is 4.74 Å². The number of hydrogen-bond donors (Lipinski definition) is 0. The molecule has 0 saturated carbocycles. The summed E-state index contributed by atoms with van der Waals surface area (Å²) < 4.78 is 20.4. The fourth-order valence-corrected chi connectivity index (χ4v) is 1.33. The maximum atomic E-state index is 11.2. The number of hydrogen-bond acceptors (Lipinski definition) is 6. The lowest BCUT2D eigenvalue weighted by atomic mass is 10.1. The van der Waals surface area contributed by atoms with Crippen molar-refractivity contribution in [3.63, 3.8) is 0 Å². The number of cyclic esters (lactones) is 2. The van der Waals surface area contributed by atoms with Gasteiger partial charge < -0.3 is 14.2 Å². The minimum atomic E-state index is -0.669. The standard InChI is InChI=1S/C11H14O6.C3H8/c1-7-8(11(14)17-10(7)13)3-4-9(12)16-6-5-15-2;1-3-2/h3-6H2,1-2H3;3H2,1-2H3/i;1D. The van der Waals surface area contributed by atoms with Gasteiger partial charge in [-0.05, 0) is 13.3 Å². The van der Waals surface area contributed by atoms with E-state index in [0.717, 1.165) is 6.42 Å². The molecule has 0 radical (unpaired) electrons. The Balaban J connectivity index is 0.000000885. The van der Waals surface area contributed by atoms with Crippen molar-refractivity contribution in [1.82, 2.24) is 0 Å². The van der Waals surface area contributed by atoms with Crippen LogP contribution < -0.4 is 0 Å². The van der Waals surface area contributed by atoms with Crippen molar-refractivity contribution >= 4 is 17.9 Å². The van der Waals surface area contributed by atoms with E-state index in [4.69, 9.17) is 10.8 Å². The molecule has 6 nitrogen and oxygen atoms in total. The van der Waals surface area contributed by atoms with E-state index in [-0.39, 0.29) is 30.6 Å². The number of rotatable bonds is 6. The Bertz CT molecular complexity index is 400. The molecule has 0 fully saturated rings. The van der Waals surface area contributed by atoms with Gasteiger partial charge in [0, 0.05) is 26.0 Å². The molecular weight excluding hydrogens is 264 g/mol. The van der Waals surface area contributed by atoms with E-state index in [1.807, 2.05) is 6.92 Å². The zero-order valence-corrected chi connectivity index (χ0v) is 12.2. The molecule has 114 valence electrons. The van der Waals surface area contributed by atoms with Crippen molar-refractivity contribution in [2.45, 2.75) is 40.0 Å². The molecular formula is C14H22O6.